The lowest BCUT2D eigenvalue weighted by atomic mass is 9.87. The van der Waals surface area contributed by atoms with Crippen LogP contribution in [0.15, 0.2) is 24.3 Å². The average Bonchev–Trinajstić information content (AvgIpc) is 2.37. The molecule has 3 nitrogen and oxygen atoms in total. The molecule has 1 aromatic carbocycles. The van der Waals surface area contributed by atoms with Gasteiger partial charge in [0, 0.05) is 6.04 Å². The van der Waals surface area contributed by atoms with E-state index in [2.05, 4.69) is 36.1 Å². The molecule has 0 radical (unpaired) electrons. The van der Waals surface area contributed by atoms with Crippen LogP contribution in [0.25, 0.3) is 0 Å². The first-order chi connectivity index (χ1) is 8.70. The van der Waals surface area contributed by atoms with Gasteiger partial charge in [0.15, 0.2) is 0 Å². The number of carboxylic acids is 1. The zero-order valence-electron chi connectivity index (χ0n) is 10.9. The van der Waals surface area contributed by atoms with Crippen LogP contribution in [0, 0.1) is 0 Å². The standard InChI is InChI=1S/C15H21NO2/c1-2-9-16(11-15(17)18)14-8-7-12-5-3-4-6-13(12)10-14/h3-6,14H,2,7-11H2,1H3,(H,17,18)/t14-/m0/s1. The van der Waals surface area contributed by atoms with Gasteiger partial charge in [0.2, 0.25) is 0 Å². The molecular formula is C15H21NO2. The van der Waals surface area contributed by atoms with Crippen molar-refractivity contribution in [2.45, 2.75) is 38.6 Å². The van der Waals surface area contributed by atoms with Gasteiger partial charge in [-0.05, 0) is 43.4 Å². The summed E-state index contributed by atoms with van der Waals surface area (Å²) >= 11 is 0. The SMILES string of the molecule is CCCN(CC(=O)O)[C@H]1CCc2ccccc2C1. The largest absolute Gasteiger partial charge is 0.480 e. The highest BCUT2D eigenvalue weighted by atomic mass is 16.4. The van der Waals surface area contributed by atoms with Gasteiger partial charge in [0.05, 0.1) is 6.54 Å². The summed E-state index contributed by atoms with van der Waals surface area (Å²) in [4.78, 5) is 13.1. The highest BCUT2D eigenvalue weighted by Gasteiger charge is 2.24. The first-order valence-electron chi connectivity index (χ1n) is 6.73. The molecule has 0 bridgehead atoms. The second kappa shape index (κ2) is 6.01. The molecule has 2 rings (SSSR count). The van der Waals surface area contributed by atoms with Gasteiger partial charge in [-0.1, -0.05) is 31.2 Å². The Morgan fingerprint density at radius 2 is 2.11 bits per heavy atom. The smallest absolute Gasteiger partial charge is 0.317 e. The summed E-state index contributed by atoms with van der Waals surface area (Å²) < 4.78 is 0. The number of fused-ring (bicyclic) bond motifs is 1. The molecule has 18 heavy (non-hydrogen) atoms. The Morgan fingerprint density at radius 1 is 1.39 bits per heavy atom. The van der Waals surface area contributed by atoms with Crippen LogP contribution in [-0.2, 0) is 17.6 Å². The predicted octanol–water partition coefficient (Wildman–Crippen LogP) is 2.34. The molecule has 0 aromatic heterocycles. The van der Waals surface area contributed by atoms with Crippen LogP contribution in [-0.4, -0.2) is 35.1 Å². The fourth-order valence-corrected chi connectivity index (χ4v) is 2.84. The first kappa shape index (κ1) is 13.1. The minimum absolute atomic E-state index is 0.167. The Labute approximate surface area is 108 Å². The molecule has 0 saturated carbocycles. The number of nitrogens with zero attached hydrogens (tertiary/aromatic N) is 1. The molecule has 1 aliphatic rings. The van der Waals surface area contributed by atoms with Crippen LogP contribution in [0.5, 0.6) is 0 Å². The van der Waals surface area contributed by atoms with Crippen molar-refractivity contribution in [1.29, 1.82) is 0 Å². The third-order valence-corrected chi connectivity index (χ3v) is 3.69. The van der Waals surface area contributed by atoms with Gasteiger partial charge >= 0.3 is 5.97 Å². The van der Waals surface area contributed by atoms with Gasteiger partial charge in [0.25, 0.3) is 0 Å². The van der Waals surface area contributed by atoms with Crippen molar-refractivity contribution in [2.24, 2.45) is 0 Å². The van der Waals surface area contributed by atoms with Gasteiger partial charge in [0.1, 0.15) is 0 Å². The fraction of sp³-hybridized carbons (Fsp3) is 0.533. The molecule has 1 aliphatic carbocycles. The number of rotatable bonds is 5. The van der Waals surface area contributed by atoms with Crippen LogP contribution in [0.4, 0.5) is 0 Å². The van der Waals surface area contributed by atoms with Gasteiger partial charge in [-0.25, -0.2) is 0 Å². The summed E-state index contributed by atoms with van der Waals surface area (Å²) in [5.74, 6) is -0.720. The lowest BCUT2D eigenvalue weighted by Gasteiger charge is -2.34. The molecule has 0 fully saturated rings. The summed E-state index contributed by atoms with van der Waals surface area (Å²) in [6, 6.07) is 8.90. The van der Waals surface area contributed by atoms with E-state index in [0.29, 0.717) is 6.04 Å². The van der Waals surface area contributed by atoms with Crippen LogP contribution in [0.1, 0.15) is 30.9 Å². The van der Waals surface area contributed by atoms with Crippen LogP contribution in [0.2, 0.25) is 0 Å². The number of hydrogen-bond acceptors (Lipinski definition) is 2. The lowest BCUT2D eigenvalue weighted by Crippen LogP contribution is -2.42. The van der Waals surface area contributed by atoms with Crippen LogP contribution in [0.3, 0.4) is 0 Å². The monoisotopic (exact) mass is 247 g/mol. The van der Waals surface area contributed by atoms with E-state index in [4.69, 9.17) is 5.11 Å². The van der Waals surface area contributed by atoms with E-state index in [0.717, 1.165) is 32.2 Å². The highest BCUT2D eigenvalue weighted by molar-refractivity contribution is 5.69. The van der Waals surface area contributed by atoms with Crippen molar-refractivity contribution < 1.29 is 9.90 Å². The quantitative estimate of drug-likeness (QED) is 0.868. The normalized spacial score (nSPS) is 18.7. The molecule has 0 amide bonds. The summed E-state index contributed by atoms with van der Waals surface area (Å²) in [6.07, 6.45) is 4.14. The second-order valence-electron chi connectivity index (χ2n) is 5.03. The Morgan fingerprint density at radius 3 is 2.78 bits per heavy atom. The van der Waals surface area contributed by atoms with E-state index in [9.17, 15) is 4.79 Å². The van der Waals surface area contributed by atoms with Crippen molar-refractivity contribution in [3.8, 4) is 0 Å². The maximum atomic E-state index is 10.9. The number of aliphatic carboxylic acids is 1. The lowest BCUT2D eigenvalue weighted by molar-refractivity contribution is -0.139. The predicted molar refractivity (Wildman–Crippen MR) is 71.8 cm³/mol. The number of carbonyl (C=O) groups is 1. The Bertz CT molecular complexity index is 417. The van der Waals surface area contributed by atoms with Gasteiger partial charge in [-0.15, -0.1) is 0 Å². The van der Waals surface area contributed by atoms with Crippen molar-refractivity contribution in [1.82, 2.24) is 4.90 Å². The molecule has 1 aromatic rings. The number of carboxylic acid groups (broad SMARTS) is 1. The van der Waals surface area contributed by atoms with E-state index in [1.54, 1.807) is 0 Å². The van der Waals surface area contributed by atoms with Crippen molar-refractivity contribution in [3.63, 3.8) is 0 Å². The van der Waals surface area contributed by atoms with E-state index in [-0.39, 0.29) is 6.54 Å². The highest BCUT2D eigenvalue weighted by Crippen LogP contribution is 2.24. The topological polar surface area (TPSA) is 40.5 Å². The molecule has 0 spiro atoms. The fourth-order valence-electron chi connectivity index (χ4n) is 2.84. The van der Waals surface area contributed by atoms with Crippen molar-refractivity contribution in [2.75, 3.05) is 13.1 Å². The maximum Gasteiger partial charge on any atom is 0.317 e. The van der Waals surface area contributed by atoms with Gasteiger partial charge < -0.3 is 5.11 Å². The Balaban J connectivity index is 2.07. The van der Waals surface area contributed by atoms with Crippen LogP contribution < -0.4 is 0 Å². The molecule has 0 unspecified atom stereocenters. The van der Waals surface area contributed by atoms with Gasteiger partial charge in [-0.2, -0.15) is 0 Å². The van der Waals surface area contributed by atoms with Crippen molar-refractivity contribution in [3.05, 3.63) is 35.4 Å². The average molecular weight is 247 g/mol. The van der Waals surface area contributed by atoms with E-state index in [1.165, 1.54) is 11.1 Å². The first-order valence-corrected chi connectivity index (χ1v) is 6.73. The number of benzene rings is 1. The minimum atomic E-state index is -0.720. The maximum absolute atomic E-state index is 10.9. The molecule has 1 N–H and O–H groups in total. The molecule has 0 saturated heterocycles. The summed E-state index contributed by atoms with van der Waals surface area (Å²) in [5.41, 5.74) is 2.82. The summed E-state index contributed by atoms with van der Waals surface area (Å²) in [7, 11) is 0. The summed E-state index contributed by atoms with van der Waals surface area (Å²) in [5, 5.41) is 8.99. The second-order valence-corrected chi connectivity index (χ2v) is 5.03. The third-order valence-electron chi connectivity index (χ3n) is 3.69. The molecule has 0 aliphatic heterocycles. The Hall–Kier alpha value is -1.35. The van der Waals surface area contributed by atoms with Gasteiger partial charge in [-0.3, -0.25) is 9.69 Å². The van der Waals surface area contributed by atoms with E-state index < -0.39 is 5.97 Å². The number of aryl methyl sites for hydroxylation is 1. The number of hydrogen-bond donors (Lipinski definition) is 1. The zero-order valence-corrected chi connectivity index (χ0v) is 10.9. The Kier molecular flexibility index (Phi) is 4.37. The zero-order chi connectivity index (χ0) is 13.0. The molecular weight excluding hydrogens is 226 g/mol. The van der Waals surface area contributed by atoms with Crippen molar-refractivity contribution >= 4 is 5.97 Å². The third kappa shape index (κ3) is 3.10. The minimum Gasteiger partial charge on any atom is -0.480 e. The molecule has 0 heterocycles. The van der Waals surface area contributed by atoms with E-state index in [1.807, 2.05) is 0 Å². The molecule has 98 valence electrons. The summed E-state index contributed by atoms with van der Waals surface area (Å²) in [6.45, 7) is 3.14. The van der Waals surface area contributed by atoms with Crippen LogP contribution >= 0.6 is 0 Å². The molecule has 1 atom stereocenters. The molecule has 3 heteroatoms. The van der Waals surface area contributed by atoms with E-state index >= 15 is 0 Å².